The van der Waals surface area contributed by atoms with Crippen molar-refractivity contribution in [1.82, 2.24) is 15.6 Å². The van der Waals surface area contributed by atoms with Gasteiger partial charge in [-0.3, -0.25) is 0 Å². The Morgan fingerprint density at radius 3 is 2.90 bits per heavy atom. The molecular formula is C13H22N4O2S2. The summed E-state index contributed by atoms with van der Waals surface area (Å²) in [4.78, 5) is 10.1. The number of rotatable bonds is 5. The van der Waals surface area contributed by atoms with Crippen LogP contribution < -0.4 is 10.6 Å². The second kappa shape index (κ2) is 7.22. The molecule has 1 aliphatic heterocycles. The lowest BCUT2D eigenvalue weighted by Crippen LogP contribution is -2.44. The first kappa shape index (κ1) is 16.2. The van der Waals surface area contributed by atoms with Gasteiger partial charge in [0.1, 0.15) is 5.01 Å². The lowest BCUT2D eigenvalue weighted by atomic mass is 10.3. The molecule has 0 radical (unpaired) electrons. The van der Waals surface area contributed by atoms with E-state index in [-0.39, 0.29) is 17.5 Å². The highest BCUT2D eigenvalue weighted by Crippen LogP contribution is 2.14. The Labute approximate surface area is 130 Å². The third-order valence-corrected chi connectivity index (χ3v) is 6.13. The summed E-state index contributed by atoms with van der Waals surface area (Å²) in [6.07, 6.45) is 3.52. The van der Waals surface area contributed by atoms with Gasteiger partial charge in [-0.2, -0.15) is 0 Å². The summed E-state index contributed by atoms with van der Waals surface area (Å²) in [5, 5.41) is 7.32. The van der Waals surface area contributed by atoms with Crippen molar-refractivity contribution in [1.29, 1.82) is 0 Å². The average molecular weight is 330 g/mol. The van der Waals surface area contributed by atoms with Crippen molar-refractivity contribution in [3.63, 3.8) is 0 Å². The normalized spacial score (nSPS) is 21.4. The van der Waals surface area contributed by atoms with Gasteiger partial charge in [-0.1, -0.05) is 6.92 Å². The van der Waals surface area contributed by atoms with E-state index in [1.54, 1.807) is 11.3 Å². The SMILES string of the molecule is CCNC(=NCc1ncc(CC)s1)NC1CCS(=O)(=O)C1. The van der Waals surface area contributed by atoms with Crippen molar-refractivity contribution >= 4 is 27.1 Å². The van der Waals surface area contributed by atoms with Crippen LogP contribution in [0.2, 0.25) is 0 Å². The molecule has 0 amide bonds. The number of aryl methyl sites for hydroxylation is 1. The molecule has 8 heteroatoms. The van der Waals surface area contributed by atoms with Crippen molar-refractivity contribution in [2.24, 2.45) is 4.99 Å². The lowest BCUT2D eigenvalue weighted by molar-refractivity contribution is 0.599. The predicted molar refractivity (Wildman–Crippen MR) is 86.5 cm³/mol. The van der Waals surface area contributed by atoms with E-state index in [1.165, 1.54) is 4.88 Å². The van der Waals surface area contributed by atoms with Crippen molar-refractivity contribution in [3.05, 3.63) is 16.1 Å². The maximum Gasteiger partial charge on any atom is 0.191 e. The van der Waals surface area contributed by atoms with E-state index in [1.807, 2.05) is 13.1 Å². The number of sulfone groups is 1. The van der Waals surface area contributed by atoms with E-state index in [0.717, 1.165) is 18.0 Å². The highest BCUT2D eigenvalue weighted by molar-refractivity contribution is 7.91. The van der Waals surface area contributed by atoms with E-state index in [2.05, 4.69) is 27.5 Å². The minimum absolute atomic E-state index is 0.0460. The molecule has 0 bridgehead atoms. The Balaban J connectivity index is 1.96. The number of hydrogen-bond donors (Lipinski definition) is 2. The Kier molecular flexibility index (Phi) is 5.58. The van der Waals surface area contributed by atoms with Gasteiger partial charge >= 0.3 is 0 Å². The third-order valence-electron chi connectivity index (χ3n) is 3.24. The smallest absolute Gasteiger partial charge is 0.191 e. The van der Waals surface area contributed by atoms with Gasteiger partial charge in [-0.05, 0) is 19.8 Å². The van der Waals surface area contributed by atoms with Crippen LogP contribution in [0.3, 0.4) is 0 Å². The molecule has 1 saturated heterocycles. The van der Waals surface area contributed by atoms with E-state index in [0.29, 0.717) is 18.9 Å². The number of guanidine groups is 1. The standard InChI is InChI=1S/C13H22N4O2S2/c1-3-11-7-15-12(20-11)8-16-13(14-4-2)17-10-5-6-21(18,19)9-10/h7,10H,3-6,8-9H2,1-2H3,(H2,14,16,17). The number of hydrogen-bond acceptors (Lipinski definition) is 5. The molecule has 2 rings (SSSR count). The Morgan fingerprint density at radius 1 is 1.52 bits per heavy atom. The first-order valence-corrected chi connectivity index (χ1v) is 9.85. The molecule has 1 atom stereocenters. The summed E-state index contributed by atoms with van der Waals surface area (Å²) >= 11 is 1.67. The topological polar surface area (TPSA) is 83.4 Å². The van der Waals surface area contributed by atoms with Gasteiger partial charge < -0.3 is 10.6 Å². The van der Waals surface area contributed by atoms with Crippen molar-refractivity contribution in [3.8, 4) is 0 Å². The fraction of sp³-hybridized carbons (Fsp3) is 0.692. The second-order valence-electron chi connectivity index (χ2n) is 5.01. The minimum Gasteiger partial charge on any atom is -0.357 e. The number of thiazole rings is 1. The number of nitrogens with zero attached hydrogens (tertiary/aromatic N) is 2. The van der Waals surface area contributed by atoms with E-state index in [9.17, 15) is 8.42 Å². The quantitative estimate of drug-likeness (QED) is 0.620. The average Bonchev–Trinajstić information content (AvgIpc) is 3.02. The molecule has 2 heterocycles. The molecule has 1 fully saturated rings. The molecule has 6 nitrogen and oxygen atoms in total. The highest BCUT2D eigenvalue weighted by Gasteiger charge is 2.28. The number of nitrogens with one attached hydrogen (secondary N) is 2. The fourth-order valence-electron chi connectivity index (χ4n) is 2.15. The van der Waals surface area contributed by atoms with E-state index >= 15 is 0 Å². The van der Waals surface area contributed by atoms with Gasteiger partial charge in [0.15, 0.2) is 15.8 Å². The monoisotopic (exact) mass is 330 g/mol. The zero-order chi connectivity index (χ0) is 15.3. The van der Waals surface area contributed by atoms with Crippen LogP contribution in [0.4, 0.5) is 0 Å². The van der Waals surface area contributed by atoms with Gasteiger partial charge in [0.05, 0.1) is 18.1 Å². The largest absolute Gasteiger partial charge is 0.357 e. The van der Waals surface area contributed by atoms with Crippen LogP contribution in [0.1, 0.15) is 30.2 Å². The molecule has 21 heavy (non-hydrogen) atoms. The van der Waals surface area contributed by atoms with Gasteiger partial charge in [-0.25, -0.2) is 18.4 Å². The highest BCUT2D eigenvalue weighted by atomic mass is 32.2. The van der Waals surface area contributed by atoms with Crippen molar-refractivity contribution in [2.75, 3.05) is 18.1 Å². The zero-order valence-corrected chi connectivity index (χ0v) is 14.1. The number of aliphatic imine (C=N–C) groups is 1. The summed E-state index contributed by atoms with van der Waals surface area (Å²) in [5.74, 6) is 1.11. The first-order valence-electron chi connectivity index (χ1n) is 7.21. The van der Waals surface area contributed by atoms with Crippen LogP contribution in [-0.4, -0.2) is 43.5 Å². The van der Waals surface area contributed by atoms with E-state index in [4.69, 9.17) is 0 Å². The molecule has 1 aliphatic rings. The van der Waals surface area contributed by atoms with Gasteiger partial charge in [0, 0.05) is 23.7 Å². The molecule has 118 valence electrons. The summed E-state index contributed by atoms with van der Waals surface area (Å²) in [5.41, 5.74) is 0. The molecule has 1 aromatic rings. The van der Waals surface area contributed by atoms with Crippen LogP contribution in [0.25, 0.3) is 0 Å². The minimum atomic E-state index is -2.88. The predicted octanol–water partition coefficient (Wildman–Crippen LogP) is 0.948. The summed E-state index contributed by atoms with van der Waals surface area (Å²) in [7, 11) is -2.88. The van der Waals surface area contributed by atoms with Crippen LogP contribution in [0, 0.1) is 0 Å². The Hall–Kier alpha value is -1.15. The van der Waals surface area contributed by atoms with Crippen LogP contribution in [0.5, 0.6) is 0 Å². The molecular weight excluding hydrogens is 308 g/mol. The van der Waals surface area contributed by atoms with Gasteiger partial charge in [0.25, 0.3) is 0 Å². The zero-order valence-electron chi connectivity index (χ0n) is 12.4. The van der Waals surface area contributed by atoms with Crippen molar-refractivity contribution < 1.29 is 8.42 Å². The molecule has 0 aliphatic carbocycles. The lowest BCUT2D eigenvalue weighted by Gasteiger charge is -2.15. The van der Waals surface area contributed by atoms with Crippen LogP contribution >= 0.6 is 11.3 Å². The Morgan fingerprint density at radius 2 is 2.33 bits per heavy atom. The van der Waals surface area contributed by atoms with Gasteiger partial charge in [-0.15, -0.1) is 11.3 Å². The molecule has 0 spiro atoms. The summed E-state index contributed by atoms with van der Waals surface area (Å²) in [6, 6.07) is -0.0460. The number of aromatic nitrogens is 1. The molecule has 0 saturated carbocycles. The molecule has 1 unspecified atom stereocenters. The maximum absolute atomic E-state index is 11.5. The third kappa shape index (κ3) is 4.96. The van der Waals surface area contributed by atoms with Gasteiger partial charge in [0.2, 0.25) is 0 Å². The molecule has 2 N–H and O–H groups in total. The Bertz CT molecular complexity index is 595. The summed E-state index contributed by atoms with van der Waals surface area (Å²) in [6.45, 7) is 5.34. The van der Waals surface area contributed by atoms with Crippen LogP contribution in [0.15, 0.2) is 11.2 Å². The maximum atomic E-state index is 11.5. The van der Waals surface area contributed by atoms with E-state index < -0.39 is 9.84 Å². The molecule has 0 aromatic carbocycles. The molecule has 1 aromatic heterocycles. The fourth-order valence-corrected chi connectivity index (χ4v) is 4.61. The van der Waals surface area contributed by atoms with Crippen molar-refractivity contribution in [2.45, 2.75) is 39.3 Å². The second-order valence-corrected chi connectivity index (χ2v) is 8.44. The summed E-state index contributed by atoms with van der Waals surface area (Å²) < 4.78 is 23.0. The first-order chi connectivity index (χ1) is 10.0. The van der Waals surface area contributed by atoms with Crippen LogP contribution in [-0.2, 0) is 22.8 Å².